The number of halogens is 1. The molecule has 106 valence electrons. The van der Waals surface area contributed by atoms with Gasteiger partial charge in [-0.3, -0.25) is 4.90 Å². The van der Waals surface area contributed by atoms with E-state index in [1.165, 1.54) is 6.07 Å². The van der Waals surface area contributed by atoms with E-state index in [9.17, 15) is 4.39 Å². The molecular formula is C15H23FN2O. The molecule has 1 saturated heterocycles. The van der Waals surface area contributed by atoms with Gasteiger partial charge in [-0.15, -0.1) is 0 Å². The molecule has 0 saturated carbocycles. The molecule has 2 unspecified atom stereocenters. The van der Waals surface area contributed by atoms with E-state index in [1.807, 2.05) is 13.1 Å². The summed E-state index contributed by atoms with van der Waals surface area (Å²) in [5.41, 5.74) is 0.950. The lowest BCUT2D eigenvalue weighted by Gasteiger charge is -2.37. The first-order valence-electron chi connectivity index (χ1n) is 7.01. The standard InChI is InChI=1S/C15H23FN2O/c1-3-7-18-8-9-19-14(11-18)15(17-2)12-5-4-6-13(16)10-12/h4-6,10,14-15,17H,3,7-9,11H2,1-2H3. The summed E-state index contributed by atoms with van der Waals surface area (Å²) >= 11 is 0. The molecule has 1 aromatic carbocycles. The van der Waals surface area contributed by atoms with Gasteiger partial charge in [0.25, 0.3) is 0 Å². The van der Waals surface area contributed by atoms with E-state index in [2.05, 4.69) is 17.1 Å². The number of hydrogen-bond donors (Lipinski definition) is 1. The van der Waals surface area contributed by atoms with E-state index in [-0.39, 0.29) is 18.0 Å². The Kier molecular flexibility index (Phi) is 5.31. The fourth-order valence-corrected chi connectivity index (χ4v) is 2.72. The molecule has 0 spiro atoms. The van der Waals surface area contributed by atoms with Gasteiger partial charge in [-0.25, -0.2) is 4.39 Å². The van der Waals surface area contributed by atoms with Gasteiger partial charge in [-0.05, 0) is 37.7 Å². The van der Waals surface area contributed by atoms with Gasteiger partial charge in [-0.1, -0.05) is 19.1 Å². The van der Waals surface area contributed by atoms with Crippen molar-refractivity contribution in [1.82, 2.24) is 10.2 Å². The third-order valence-electron chi connectivity index (χ3n) is 3.61. The molecule has 0 amide bonds. The average Bonchev–Trinajstić information content (AvgIpc) is 2.41. The summed E-state index contributed by atoms with van der Waals surface area (Å²) < 4.78 is 19.2. The van der Waals surface area contributed by atoms with E-state index in [0.717, 1.165) is 38.2 Å². The topological polar surface area (TPSA) is 24.5 Å². The molecule has 2 atom stereocenters. The third-order valence-corrected chi connectivity index (χ3v) is 3.61. The van der Waals surface area contributed by atoms with Crippen molar-refractivity contribution >= 4 is 0 Å². The van der Waals surface area contributed by atoms with Crippen molar-refractivity contribution < 1.29 is 9.13 Å². The van der Waals surface area contributed by atoms with E-state index in [4.69, 9.17) is 4.74 Å². The van der Waals surface area contributed by atoms with E-state index in [1.54, 1.807) is 12.1 Å². The summed E-state index contributed by atoms with van der Waals surface area (Å²) in [6.07, 6.45) is 1.23. The minimum absolute atomic E-state index is 0.0374. The quantitative estimate of drug-likeness (QED) is 0.884. The Morgan fingerprint density at radius 3 is 3.05 bits per heavy atom. The fourth-order valence-electron chi connectivity index (χ4n) is 2.72. The Labute approximate surface area is 114 Å². The Morgan fingerprint density at radius 1 is 1.53 bits per heavy atom. The fraction of sp³-hybridized carbons (Fsp3) is 0.600. The molecule has 3 nitrogen and oxygen atoms in total. The minimum atomic E-state index is -0.195. The second-order valence-electron chi connectivity index (χ2n) is 5.03. The lowest BCUT2D eigenvalue weighted by molar-refractivity contribution is -0.0459. The molecule has 1 heterocycles. The summed E-state index contributed by atoms with van der Waals surface area (Å²) in [4.78, 5) is 2.41. The van der Waals surface area contributed by atoms with E-state index in [0.29, 0.717) is 0 Å². The summed E-state index contributed by atoms with van der Waals surface area (Å²) in [5.74, 6) is -0.195. The number of nitrogens with zero attached hydrogens (tertiary/aromatic N) is 1. The maximum absolute atomic E-state index is 13.3. The van der Waals surface area contributed by atoms with Gasteiger partial charge in [0.15, 0.2) is 0 Å². The van der Waals surface area contributed by atoms with Crippen molar-refractivity contribution in [1.29, 1.82) is 0 Å². The van der Waals surface area contributed by atoms with Crippen LogP contribution < -0.4 is 5.32 Å². The van der Waals surface area contributed by atoms with Crippen molar-refractivity contribution in [3.8, 4) is 0 Å². The normalized spacial score (nSPS) is 22.4. The zero-order valence-corrected chi connectivity index (χ0v) is 11.7. The lowest BCUT2D eigenvalue weighted by atomic mass is 10.00. The van der Waals surface area contributed by atoms with Crippen LogP contribution >= 0.6 is 0 Å². The van der Waals surface area contributed by atoms with Gasteiger partial charge < -0.3 is 10.1 Å². The van der Waals surface area contributed by atoms with Crippen LogP contribution in [-0.4, -0.2) is 44.3 Å². The highest BCUT2D eigenvalue weighted by Gasteiger charge is 2.28. The smallest absolute Gasteiger partial charge is 0.123 e. The van der Waals surface area contributed by atoms with Crippen LogP contribution in [0.25, 0.3) is 0 Å². The third kappa shape index (κ3) is 3.75. The molecule has 1 aliphatic heterocycles. The van der Waals surface area contributed by atoms with Crippen LogP contribution in [0.15, 0.2) is 24.3 Å². The molecule has 19 heavy (non-hydrogen) atoms. The van der Waals surface area contributed by atoms with E-state index >= 15 is 0 Å². The molecular weight excluding hydrogens is 243 g/mol. The zero-order chi connectivity index (χ0) is 13.7. The van der Waals surface area contributed by atoms with Crippen molar-refractivity contribution in [2.75, 3.05) is 33.3 Å². The van der Waals surface area contributed by atoms with Gasteiger partial charge >= 0.3 is 0 Å². The van der Waals surface area contributed by atoms with E-state index < -0.39 is 0 Å². The maximum atomic E-state index is 13.3. The Bertz CT molecular complexity index is 397. The summed E-state index contributed by atoms with van der Waals surface area (Å²) in [5, 5.41) is 3.26. The molecule has 2 rings (SSSR count). The number of nitrogens with one attached hydrogen (secondary N) is 1. The SMILES string of the molecule is CCCN1CCOC(C(NC)c2cccc(F)c2)C1. The summed E-state index contributed by atoms with van der Waals surface area (Å²) in [6, 6.07) is 6.80. The van der Waals surface area contributed by atoms with Gasteiger partial charge in [0.05, 0.1) is 18.8 Å². The Balaban J connectivity index is 2.08. The average molecular weight is 266 g/mol. The second kappa shape index (κ2) is 6.98. The number of likely N-dealkylation sites (N-methyl/N-ethyl adjacent to an activating group) is 1. The first kappa shape index (κ1) is 14.4. The highest BCUT2D eigenvalue weighted by atomic mass is 19.1. The largest absolute Gasteiger partial charge is 0.374 e. The van der Waals surface area contributed by atoms with Crippen LogP contribution in [-0.2, 0) is 4.74 Å². The van der Waals surface area contributed by atoms with Crippen LogP contribution in [0.4, 0.5) is 4.39 Å². The molecule has 1 aromatic rings. The van der Waals surface area contributed by atoms with Crippen molar-refractivity contribution in [3.63, 3.8) is 0 Å². The summed E-state index contributed by atoms with van der Waals surface area (Å²) in [6.45, 7) is 5.92. The molecule has 0 aliphatic carbocycles. The number of rotatable bonds is 5. The maximum Gasteiger partial charge on any atom is 0.123 e. The zero-order valence-electron chi connectivity index (χ0n) is 11.7. The molecule has 0 aromatic heterocycles. The predicted octanol–water partition coefficient (Wildman–Crippen LogP) is 2.20. The van der Waals surface area contributed by atoms with Crippen LogP contribution in [0.2, 0.25) is 0 Å². The predicted molar refractivity (Wildman–Crippen MR) is 74.7 cm³/mol. The molecule has 0 bridgehead atoms. The minimum Gasteiger partial charge on any atom is -0.374 e. The van der Waals surface area contributed by atoms with Crippen molar-refractivity contribution in [2.24, 2.45) is 0 Å². The second-order valence-corrected chi connectivity index (χ2v) is 5.03. The van der Waals surface area contributed by atoms with Crippen LogP contribution in [0.1, 0.15) is 24.9 Å². The molecule has 1 N–H and O–H groups in total. The Hall–Kier alpha value is -0.970. The lowest BCUT2D eigenvalue weighted by Crippen LogP contribution is -2.47. The number of morpholine rings is 1. The van der Waals surface area contributed by atoms with Crippen LogP contribution in [0.3, 0.4) is 0 Å². The van der Waals surface area contributed by atoms with Gasteiger partial charge in [0.1, 0.15) is 5.82 Å². The molecule has 1 fully saturated rings. The number of hydrogen-bond acceptors (Lipinski definition) is 3. The monoisotopic (exact) mass is 266 g/mol. The van der Waals surface area contributed by atoms with Gasteiger partial charge in [-0.2, -0.15) is 0 Å². The summed E-state index contributed by atoms with van der Waals surface area (Å²) in [7, 11) is 1.90. The first-order valence-corrected chi connectivity index (χ1v) is 7.01. The highest BCUT2D eigenvalue weighted by molar-refractivity contribution is 5.21. The number of ether oxygens (including phenoxy) is 1. The molecule has 1 aliphatic rings. The first-order chi connectivity index (χ1) is 9.24. The Morgan fingerprint density at radius 2 is 2.37 bits per heavy atom. The highest BCUT2D eigenvalue weighted by Crippen LogP contribution is 2.22. The van der Waals surface area contributed by atoms with Crippen LogP contribution in [0, 0.1) is 5.82 Å². The van der Waals surface area contributed by atoms with Crippen molar-refractivity contribution in [3.05, 3.63) is 35.6 Å². The molecule has 0 radical (unpaired) electrons. The molecule has 4 heteroatoms. The van der Waals surface area contributed by atoms with Crippen LogP contribution in [0.5, 0.6) is 0 Å². The number of benzene rings is 1. The van der Waals surface area contributed by atoms with Gasteiger partial charge in [0.2, 0.25) is 0 Å². The van der Waals surface area contributed by atoms with Crippen molar-refractivity contribution in [2.45, 2.75) is 25.5 Å². The van der Waals surface area contributed by atoms with Gasteiger partial charge in [0, 0.05) is 13.1 Å².